The molecule has 0 aromatic heterocycles. The van der Waals surface area contributed by atoms with Crippen molar-refractivity contribution in [3.05, 3.63) is 48.5 Å². The second-order valence-corrected chi connectivity index (χ2v) is 3.96. The van der Waals surface area contributed by atoms with E-state index in [9.17, 15) is 0 Å². The molecule has 0 heterocycles. The second kappa shape index (κ2) is 5.47. The molecule has 0 amide bonds. The van der Waals surface area contributed by atoms with Crippen molar-refractivity contribution in [2.24, 2.45) is 0 Å². The zero-order valence-electron chi connectivity index (χ0n) is 9.26. The van der Waals surface area contributed by atoms with Crippen LogP contribution < -0.4 is 4.74 Å². The number of terminal acetylenes is 1. The number of ether oxygens (including phenoxy) is 1. The molecule has 0 bridgehead atoms. The largest absolute Gasteiger partial charge is 0.480 e. The van der Waals surface area contributed by atoms with Crippen LogP contribution in [-0.4, -0.2) is 6.61 Å². The van der Waals surface area contributed by atoms with Crippen molar-refractivity contribution in [3.8, 4) is 29.2 Å². The van der Waals surface area contributed by atoms with E-state index in [-0.39, 0.29) is 6.61 Å². The van der Waals surface area contributed by atoms with E-state index in [2.05, 4.69) is 18.5 Å². The molecule has 1 nitrogen and oxygen atoms in total. The summed E-state index contributed by atoms with van der Waals surface area (Å²) < 4.78 is 5.44. The van der Waals surface area contributed by atoms with E-state index in [1.807, 2.05) is 48.5 Å². The topological polar surface area (TPSA) is 9.23 Å². The standard InChI is InChI=1S/C15H12OS/c1-2-11-16-14-10-6-9-13(15(14)17)12-7-4-3-5-8-12/h1,3-10,17H,11H2. The first kappa shape index (κ1) is 11.6. The highest BCUT2D eigenvalue weighted by Gasteiger charge is 2.06. The molecule has 2 aromatic carbocycles. The minimum absolute atomic E-state index is 0.256. The molecule has 0 aliphatic heterocycles. The quantitative estimate of drug-likeness (QED) is 0.636. The third kappa shape index (κ3) is 2.64. The molecular formula is C15H12OS. The number of thiol groups is 1. The predicted molar refractivity (Wildman–Crippen MR) is 73.5 cm³/mol. The maximum atomic E-state index is 5.44. The third-order valence-corrected chi connectivity index (χ3v) is 2.86. The van der Waals surface area contributed by atoms with Crippen molar-refractivity contribution < 1.29 is 4.74 Å². The first-order chi connectivity index (χ1) is 8.33. The van der Waals surface area contributed by atoms with Crippen LogP contribution in [0.3, 0.4) is 0 Å². The Hall–Kier alpha value is -1.85. The summed E-state index contributed by atoms with van der Waals surface area (Å²) in [7, 11) is 0. The molecule has 2 heteroatoms. The minimum atomic E-state index is 0.256. The van der Waals surface area contributed by atoms with Crippen LogP contribution in [0.5, 0.6) is 5.75 Å². The van der Waals surface area contributed by atoms with Crippen LogP contribution in [0.2, 0.25) is 0 Å². The van der Waals surface area contributed by atoms with Gasteiger partial charge in [-0.1, -0.05) is 48.4 Å². The molecule has 0 saturated heterocycles. The van der Waals surface area contributed by atoms with Crippen LogP contribution >= 0.6 is 12.6 Å². The van der Waals surface area contributed by atoms with Gasteiger partial charge in [0.25, 0.3) is 0 Å². The Bertz CT molecular complexity index is 541. The van der Waals surface area contributed by atoms with Gasteiger partial charge in [-0.15, -0.1) is 19.1 Å². The summed E-state index contributed by atoms with van der Waals surface area (Å²) >= 11 is 4.50. The number of rotatable bonds is 3. The van der Waals surface area contributed by atoms with Gasteiger partial charge >= 0.3 is 0 Å². The Morgan fingerprint density at radius 3 is 2.53 bits per heavy atom. The zero-order chi connectivity index (χ0) is 12.1. The molecule has 0 radical (unpaired) electrons. The summed E-state index contributed by atoms with van der Waals surface area (Å²) in [4.78, 5) is 0.814. The van der Waals surface area contributed by atoms with Gasteiger partial charge < -0.3 is 4.74 Å². The number of benzene rings is 2. The maximum absolute atomic E-state index is 5.44. The van der Waals surface area contributed by atoms with E-state index in [0.717, 1.165) is 16.0 Å². The lowest BCUT2D eigenvalue weighted by Crippen LogP contribution is -1.95. The molecule has 0 aliphatic rings. The first-order valence-electron chi connectivity index (χ1n) is 5.26. The highest BCUT2D eigenvalue weighted by Crippen LogP contribution is 2.33. The van der Waals surface area contributed by atoms with E-state index in [4.69, 9.17) is 11.2 Å². The molecule has 2 aromatic rings. The maximum Gasteiger partial charge on any atom is 0.148 e. The van der Waals surface area contributed by atoms with Crippen LogP contribution in [0.25, 0.3) is 11.1 Å². The van der Waals surface area contributed by atoms with Crippen molar-refractivity contribution in [1.29, 1.82) is 0 Å². The Balaban J connectivity index is 2.40. The third-order valence-electron chi connectivity index (χ3n) is 2.39. The fourth-order valence-corrected chi connectivity index (χ4v) is 1.95. The Labute approximate surface area is 107 Å². The van der Waals surface area contributed by atoms with Crippen molar-refractivity contribution in [1.82, 2.24) is 0 Å². The monoisotopic (exact) mass is 240 g/mol. The Morgan fingerprint density at radius 2 is 1.82 bits per heavy atom. The van der Waals surface area contributed by atoms with Crippen LogP contribution in [0.15, 0.2) is 53.4 Å². The van der Waals surface area contributed by atoms with Crippen LogP contribution in [0.1, 0.15) is 0 Å². The molecule has 84 valence electrons. The first-order valence-corrected chi connectivity index (χ1v) is 5.71. The van der Waals surface area contributed by atoms with Crippen molar-refractivity contribution in [2.45, 2.75) is 4.90 Å². The molecule has 0 fully saturated rings. The average Bonchev–Trinajstić information content (AvgIpc) is 2.39. The highest BCUT2D eigenvalue weighted by atomic mass is 32.1. The molecule has 17 heavy (non-hydrogen) atoms. The van der Waals surface area contributed by atoms with E-state index < -0.39 is 0 Å². The fourth-order valence-electron chi connectivity index (χ4n) is 1.61. The zero-order valence-corrected chi connectivity index (χ0v) is 10.2. The van der Waals surface area contributed by atoms with Crippen molar-refractivity contribution in [2.75, 3.05) is 6.61 Å². The van der Waals surface area contributed by atoms with Crippen molar-refractivity contribution in [3.63, 3.8) is 0 Å². The predicted octanol–water partition coefficient (Wildman–Crippen LogP) is 3.65. The normalized spacial score (nSPS) is 9.65. The summed E-state index contributed by atoms with van der Waals surface area (Å²) in [5.74, 6) is 3.16. The smallest absolute Gasteiger partial charge is 0.148 e. The van der Waals surface area contributed by atoms with Gasteiger partial charge in [0.15, 0.2) is 0 Å². The van der Waals surface area contributed by atoms with Gasteiger partial charge in [-0.2, -0.15) is 0 Å². The van der Waals surface area contributed by atoms with Gasteiger partial charge in [-0.25, -0.2) is 0 Å². The SMILES string of the molecule is C#CCOc1cccc(-c2ccccc2)c1S. The average molecular weight is 240 g/mol. The van der Waals surface area contributed by atoms with Gasteiger partial charge in [0.1, 0.15) is 12.4 Å². The van der Waals surface area contributed by atoms with Crippen LogP contribution in [-0.2, 0) is 0 Å². The summed E-state index contributed by atoms with van der Waals surface area (Å²) in [6.45, 7) is 0.256. The van der Waals surface area contributed by atoms with E-state index in [1.54, 1.807) is 0 Å². The number of hydrogen-bond donors (Lipinski definition) is 1. The minimum Gasteiger partial charge on any atom is -0.480 e. The summed E-state index contributed by atoms with van der Waals surface area (Å²) in [5.41, 5.74) is 2.16. The van der Waals surface area contributed by atoms with Crippen LogP contribution in [0.4, 0.5) is 0 Å². The molecular weight excluding hydrogens is 228 g/mol. The van der Waals surface area contributed by atoms with Crippen molar-refractivity contribution >= 4 is 12.6 Å². The molecule has 0 atom stereocenters. The van der Waals surface area contributed by atoms with Gasteiger partial charge in [0.05, 0.1) is 4.90 Å². The fraction of sp³-hybridized carbons (Fsp3) is 0.0667. The van der Waals surface area contributed by atoms with E-state index in [0.29, 0.717) is 5.75 Å². The lowest BCUT2D eigenvalue weighted by Gasteiger charge is -2.10. The highest BCUT2D eigenvalue weighted by molar-refractivity contribution is 7.80. The molecule has 0 spiro atoms. The van der Waals surface area contributed by atoms with Crippen LogP contribution in [0, 0.1) is 12.3 Å². The van der Waals surface area contributed by atoms with E-state index >= 15 is 0 Å². The molecule has 0 N–H and O–H groups in total. The van der Waals surface area contributed by atoms with E-state index in [1.165, 1.54) is 0 Å². The molecule has 2 rings (SSSR count). The summed E-state index contributed by atoms with van der Waals surface area (Å²) in [5, 5.41) is 0. The molecule has 0 unspecified atom stereocenters. The molecule has 0 saturated carbocycles. The Morgan fingerprint density at radius 1 is 1.06 bits per heavy atom. The lowest BCUT2D eigenvalue weighted by molar-refractivity contribution is 0.362. The van der Waals surface area contributed by atoms with Gasteiger partial charge in [-0.05, 0) is 17.2 Å². The Kier molecular flexibility index (Phi) is 3.74. The number of hydrogen-bond acceptors (Lipinski definition) is 2. The van der Waals surface area contributed by atoms with Gasteiger partial charge in [0.2, 0.25) is 0 Å². The van der Waals surface area contributed by atoms with Gasteiger partial charge in [-0.3, -0.25) is 0 Å². The van der Waals surface area contributed by atoms with Gasteiger partial charge in [0, 0.05) is 0 Å². The second-order valence-electron chi connectivity index (χ2n) is 3.51. The summed E-state index contributed by atoms with van der Waals surface area (Å²) in [6, 6.07) is 15.9. The lowest BCUT2D eigenvalue weighted by atomic mass is 10.1. The molecule has 0 aliphatic carbocycles. The summed E-state index contributed by atoms with van der Waals surface area (Å²) in [6.07, 6.45) is 5.18.